The maximum absolute atomic E-state index is 13.7. The lowest BCUT2D eigenvalue weighted by Gasteiger charge is -2.46. The Hall–Kier alpha value is -3.06. The Bertz CT molecular complexity index is 1350. The second-order valence-corrected chi connectivity index (χ2v) is 11.2. The number of aliphatic hydroxyl groups is 3. The molecule has 0 saturated carbocycles. The molecule has 1 heterocycles. The lowest BCUT2D eigenvalue weighted by Crippen LogP contribution is -2.71. The van der Waals surface area contributed by atoms with Crippen LogP contribution in [0.4, 0.5) is 0 Å². The zero-order chi connectivity index (χ0) is 28.6. The van der Waals surface area contributed by atoms with E-state index in [0.29, 0.717) is 0 Å². The van der Waals surface area contributed by atoms with E-state index < -0.39 is 64.9 Å². The molecule has 5 rings (SSSR count). The highest BCUT2D eigenvalue weighted by Crippen LogP contribution is 2.54. The zero-order valence-electron chi connectivity index (χ0n) is 22.2. The molecule has 0 unspecified atom stereocenters. The molecule has 0 aromatic heterocycles. The first-order valence-electron chi connectivity index (χ1n) is 12.8. The number of carbonyl (C=O) groups excluding carboxylic acids is 2. The third-order valence-electron chi connectivity index (χ3n) is 8.36. The molecular formula is C28H34NO10+. The second kappa shape index (κ2) is 9.26. The number of aromatic hydroxyl groups is 2. The summed E-state index contributed by atoms with van der Waals surface area (Å²) >= 11 is 0. The zero-order valence-corrected chi connectivity index (χ0v) is 22.2. The van der Waals surface area contributed by atoms with Gasteiger partial charge in [-0.3, -0.25) is 9.59 Å². The maximum Gasteiger partial charge on any atom is 0.202 e. The van der Waals surface area contributed by atoms with Crippen molar-refractivity contribution >= 4 is 11.6 Å². The Labute approximate surface area is 224 Å². The number of phenols is 2. The highest BCUT2D eigenvalue weighted by atomic mass is 16.7. The van der Waals surface area contributed by atoms with Crippen molar-refractivity contribution in [1.82, 2.24) is 0 Å². The normalized spacial score (nSPS) is 30.4. The number of rotatable bonds is 4. The van der Waals surface area contributed by atoms with E-state index >= 15 is 0 Å². The second-order valence-electron chi connectivity index (χ2n) is 11.2. The van der Waals surface area contributed by atoms with Gasteiger partial charge in [-0.05, 0) is 26.8 Å². The largest absolute Gasteiger partial charge is 0.507 e. The molecule has 210 valence electrons. The fraction of sp³-hybridized carbons (Fsp3) is 0.500. The monoisotopic (exact) mass is 544 g/mol. The molecule has 2 aromatic rings. The summed E-state index contributed by atoms with van der Waals surface area (Å²) in [6.07, 6.45) is -3.88. The fourth-order valence-electron chi connectivity index (χ4n) is 5.92. The third kappa shape index (κ3) is 4.12. The molecule has 1 saturated heterocycles. The summed E-state index contributed by atoms with van der Waals surface area (Å²) < 4.78 is 17.3. The minimum absolute atomic E-state index is 0.00694. The van der Waals surface area contributed by atoms with E-state index in [4.69, 9.17) is 14.2 Å². The number of ketones is 2. The molecule has 11 nitrogen and oxygen atoms in total. The Morgan fingerprint density at radius 2 is 1.77 bits per heavy atom. The van der Waals surface area contributed by atoms with Gasteiger partial charge in [0, 0.05) is 29.5 Å². The van der Waals surface area contributed by atoms with Gasteiger partial charge in [-0.2, -0.15) is 0 Å². The van der Waals surface area contributed by atoms with Crippen molar-refractivity contribution in [3.63, 3.8) is 0 Å². The van der Waals surface area contributed by atoms with Gasteiger partial charge in [0.25, 0.3) is 0 Å². The predicted molar refractivity (Wildman–Crippen MR) is 135 cm³/mol. The van der Waals surface area contributed by atoms with Gasteiger partial charge in [-0.25, -0.2) is 0 Å². The SMILES string of the molecule is COc1cccc2c1C(=O)c1c(O)c3c(c(O)c1C2=O)C[C@@](O)(C(C)(C)O)C[C@@H]3O[C@H]1C[C@H]([NH3+])[C@H](O)[C@H](C)O1. The molecule has 8 N–H and O–H groups in total. The van der Waals surface area contributed by atoms with E-state index in [-0.39, 0.29) is 58.4 Å². The van der Waals surface area contributed by atoms with Crippen molar-refractivity contribution in [1.29, 1.82) is 0 Å². The summed E-state index contributed by atoms with van der Waals surface area (Å²) in [4.78, 5) is 27.3. The van der Waals surface area contributed by atoms with Crippen LogP contribution in [0, 0.1) is 0 Å². The summed E-state index contributed by atoms with van der Waals surface area (Å²) in [6, 6.07) is 4.06. The number of phenolic OH excluding ortho intramolecular Hbond substituents is 2. The number of benzene rings is 2. The number of hydrogen-bond acceptors (Lipinski definition) is 10. The van der Waals surface area contributed by atoms with Gasteiger partial charge in [0.15, 0.2) is 12.1 Å². The van der Waals surface area contributed by atoms with Crippen LogP contribution in [-0.4, -0.2) is 80.0 Å². The number of aliphatic hydroxyl groups excluding tert-OH is 1. The molecule has 3 aliphatic rings. The first-order chi connectivity index (χ1) is 18.2. The molecule has 6 atom stereocenters. The molecule has 0 radical (unpaired) electrons. The first kappa shape index (κ1) is 27.5. The topological polar surface area (TPSA) is 191 Å². The number of quaternary nitrogens is 1. The minimum atomic E-state index is -1.85. The molecule has 11 heteroatoms. The van der Waals surface area contributed by atoms with Gasteiger partial charge >= 0.3 is 0 Å². The molecule has 2 aromatic carbocycles. The van der Waals surface area contributed by atoms with Gasteiger partial charge in [0.1, 0.15) is 29.4 Å². The number of fused-ring (bicyclic) bond motifs is 3. The Morgan fingerprint density at radius 3 is 2.38 bits per heavy atom. The average molecular weight is 545 g/mol. The fourth-order valence-corrected chi connectivity index (χ4v) is 5.92. The Kier molecular flexibility index (Phi) is 6.53. The minimum Gasteiger partial charge on any atom is -0.507 e. The van der Waals surface area contributed by atoms with Crippen LogP contribution >= 0.6 is 0 Å². The smallest absolute Gasteiger partial charge is 0.202 e. The molecule has 2 aliphatic carbocycles. The highest BCUT2D eigenvalue weighted by Gasteiger charge is 2.52. The van der Waals surface area contributed by atoms with Crippen molar-refractivity contribution in [2.45, 2.75) is 81.9 Å². The molecule has 0 bridgehead atoms. The lowest BCUT2D eigenvalue weighted by atomic mass is 9.68. The summed E-state index contributed by atoms with van der Waals surface area (Å²) in [5, 5.41) is 55.7. The van der Waals surface area contributed by atoms with Crippen LogP contribution < -0.4 is 10.5 Å². The van der Waals surface area contributed by atoms with Crippen LogP contribution in [0.3, 0.4) is 0 Å². The van der Waals surface area contributed by atoms with Crippen LogP contribution in [0.5, 0.6) is 17.2 Å². The summed E-state index contributed by atoms with van der Waals surface area (Å²) in [5.41, 5.74) is -0.400. The van der Waals surface area contributed by atoms with Crippen LogP contribution in [0.15, 0.2) is 18.2 Å². The lowest BCUT2D eigenvalue weighted by molar-refractivity contribution is -0.466. The van der Waals surface area contributed by atoms with Crippen LogP contribution in [0.2, 0.25) is 0 Å². The third-order valence-corrected chi connectivity index (χ3v) is 8.36. The van der Waals surface area contributed by atoms with Crippen molar-refractivity contribution in [2.24, 2.45) is 0 Å². The van der Waals surface area contributed by atoms with Crippen LogP contribution in [0.1, 0.15) is 82.7 Å². The van der Waals surface area contributed by atoms with Crippen LogP contribution in [-0.2, 0) is 15.9 Å². The van der Waals surface area contributed by atoms with E-state index in [1.165, 1.54) is 39.2 Å². The number of methoxy groups -OCH3 is 1. The van der Waals surface area contributed by atoms with E-state index in [1.807, 2.05) is 0 Å². The van der Waals surface area contributed by atoms with Crippen molar-refractivity contribution < 1.29 is 55.1 Å². The van der Waals surface area contributed by atoms with Crippen molar-refractivity contribution in [3.8, 4) is 17.2 Å². The average Bonchev–Trinajstić information content (AvgIpc) is 2.86. The van der Waals surface area contributed by atoms with Crippen molar-refractivity contribution in [3.05, 3.63) is 51.6 Å². The van der Waals surface area contributed by atoms with E-state index in [0.717, 1.165) is 0 Å². The van der Waals surface area contributed by atoms with E-state index in [9.17, 15) is 35.1 Å². The van der Waals surface area contributed by atoms with Crippen molar-refractivity contribution in [2.75, 3.05) is 7.11 Å². The van der Waals surface area contributed by atoms with Gasteiger partial charge in [-0.1, -0.05) is 12.1 Å². The quantitative estimate of drug-likeness (QED) is 0.252. The van der Waals surface area contributed by atoms with Gasteiger partial charge in [-0.15, -0.1) is 0 Å². The predicted octanol–water partition coefficient (Wildman–Crippen LogP) is 0.494. The van der Waals surface area contributed by atoms with Gasteiger partial charge in [0.05, 0.1) is 53.6 Å². The Balaban J connectivity index is 1.69. The van der Waals surface area contributed by atoms with Gasteiger partial charge in [0.2, 0.25) is 5.78 Å². The van der Waals surface area contributed by atoms with E-state index in [2.05, 4.69) is 5.73 Å². The van der Waals surface area contributed by atoms with Crippen LogP contribution in [0.25, 0.3) is 0 Å². The standard InChI is InChI=1S/C28H33NO10/c1-11-22(30)14(29)8-17(38-11)39-16-10-28(36,27(2,3)35)9-13-19(16)26(34)21-20(24(13)32)23(31)12-6-5-7-15(37-4)18(12)25(21)33/h5-7,11,14,16-17,22,30,32,34-36H,8-10,29H2,1-4H3/p+1/t11-,14-,16-,17-,22+,28-/m0/s1. The van der Waals surface area contributed by atoms with Gasteiger partial charge < -0.3 is 45.5 Å². The summed E-state index contributed by atoms with van der Waals surface area (Å²) in [7, 11) is 1.35. The number of carbonyl (C=O) groups is 2. The maximum atomic E-state index is 13.7. The Morgan fingerprint density at radius 1 is 1.10 bits per heavy atom. The van der Waals surface area contributed by atoms with E-state index in [1.54, 1.807) is 6.92 Å². The molecule has 1 fully saturated rings. The first-order valence-corrected chi connectivity index (χ1v) is 12.8. The molecule has 39 heavy (non-hydrogen) atoms. The number of ether oxygens (including phenoxy) is 3. The molecule has 0 amide bonds. The molecule has 1 aliphatic heterocycles. The molecular weight excluding hydrogens is 510 g/mol. The highest BCUT2D eigenvalue weighted by molar-refractivity contribution is 6.31. The number of hydrogen-bond donors (Lipinski definition) is 6. The molecule has 0 spiro atoms. The summed E-state index contributed by atoms with van der Waals surface area (Å²) in [5.74, 6) is -2.41. The summed E-state index contributed by atoms with van der Waals surface area (Å²) in [6.45, 7) is 4.47.